The molecule has 0 spiro atoms. The van der Waals surface area contributed by atoms with Gasteiger partial charge >= 0.3 is 0 Å². The predicted molar refractivity (Wildman–Crippen MR) is 111 cm³/mol. The number of carbonyl (C=O) groups excluding carboxylic acids is 1. The number of benzene rings is 1. The van der Waals surface area contributed by atoms with Crippen molar-refractivity contribution in [3.63, 3.8) is 0 Å². The third-order valence-electron chi connectivity index (χ3n) is 4.80. The molecule has 2 aromatic rings. The molecule has 1 atom stereocenters. The number of halogens is 2. The van der Waals surface area contributed by atoms with E-state index in [-0.39, 0.29) is 16.3 Å². The zero-order valence-corrected chi connectivity index (χ0v) is 17.2. The summed E-state index contributed by atoms with van der Waals surface area (Å²) in [5.74, 6) is -1.31. The van der Waals surface area contributed by atoms with Crippen molar-refractivity contribution in [3.8, 4) is 10.6 Å². The third kappa shape index (κ3) is 4.34. The van der Waals surface area contributed by atoms with Crippen LogP contribution in [0, 0.1) is 17.0 Å². The summed E-state index contributed by atoms with van der Waals surface area (Å²) in [6.45, 7) is 3.52. The highest BCUT2D eigenvalue weighted by atomic mass is 32.1. The third-order valence-corrected chi connectivity index (χ3v) is 6.02. The molecule has 1 aliphatic heterocycles. The number of aromatic nitrogens is 1. The molecular formula is C20H23F2N5OS. The lowest BCUT2D eigenvalue weighted by Crippen LogP contribution is -2.49. The molecule has 1 amide bonds. The minimum Gasteiger partial charge on any atom is -0.358 e. The molecule has 1 aromatic carbocycles. The summed E-state index contributed by atoms with van der Waals surface area (Å²) in [4.78, 5) is 24.1. The Balaban J connectivity index is 1.88. The molecule has 6 nitrogen and oxygen atoms in total. The van der Waals surface area contributed by atoms with Gasteiger partial charge in [0.15, 0.2) is 0 Å². The van der Waals surface area contributed by atoms with E-state index in [0.29, 0.717) is 17.1 Å². The zero-order valence-electron chi connectivity index (χ0n) is 16.3. The minimum atomic E-state index is -0.722. The van der Waals surface area contributed by atoms with Gasteiger partial charge in [0.25, 0.3) is 5.91 Å². The maximum absolute atomic E-state index is 14.1. The van der Waals surface area contributed by atoms with Crippen molar-refractivity contribution >= 4 is 29.3 Å². The molecule has 0 bridgehead atoms. The number of carbonyl (C=O) groups is 1. The van der Waals surface area contributed by atoms with Crippen LogP contribution in [0.5, 0.6) is 0 Å². The highest BCUT2D eigenvalue weighted by Gasteiger charge is 2.27. The largest absolute Gasteiger partial charge is 0.358 e. The van der Waals surface area contributed by atoms with Gasteiger partial charge in [0, 0.05) is 31.2 Å². The average Bonchev–Trinajstić information content (AvgIpc) is 3.37. The fourth-order valence-electron chi connectivity index (χ4n) is 3.39. The van der Waals surface area contributed by atoms with Gasteiger partial charge in [-0.1, -0.05) is 13.0 Å². The monoisotopic (exact) mass is 419 g/mol. The van der Waals surface area contributed by atoms with Crippen molar-refractivity contribution < 1.29 is 13.6 Å². The van der Waals surface area contributed by atoms with Crippen LogP contribution in [0.25, 0.3) is 10.6 Å². The Morgan fingerprint density at radius 1 is 1.38 bits per heavy atom. The van der Waals surface area contributed by atoms with Crippen LogP contribution in [-0.4, -0.2) is 54.0 Å². The van der Waals surface area contributed by atoms with Crippen LogP contribution >= 0.6 is 11.3 Å². The Kier molecular flexibility index (Phi) is 6.68. The highest BCUT2D eigenvalue weighted by Crippen LogP contribution is 2.32. The average molecular weight is 420 g/mol. The van der Waals surface area contributed by atoms with Gasteiger partial charge in [-0.3, -0.25) is 9.79 Å². The van der Waals surface area contributed by atoms with E-state index in [1.54, 1.807) is 7.05 Å². The number of likely N-dealkylation sites (tertiary alicyclic amines) is 1. The summed E-state index contributed by atoms with van der Waals surface area (Å²) in [6, 6.07) is 2.92. The molecule has 3 rings (SSSR count). The Labute approximate surface area is 172 Å². The molecule has 1 aliphatic rings. The van der Waals surface area contributed by atoms with E-state index < -0.39 is 23.6 Å². The summed E-state index contributed by atoms with van der Waals surface area (Å²) in [7, 11) is 1.63. The number of hydrogen-bond donors (Lipinski definition) is 2. The molecule has 0 radical (unpaired) electrons. The number of rotatable bonds is 6. The second-order valence-electron chi connectivity index (χ2n) is 6.63. The van der Waals surface area contributed by atoms with Crippen molar-refractivity contribution in [2.24, 2.45) is 4.99 Å². The lowest BCUT2D eigenvalue weighted by molar-refractivity contribution is 0.0948. The number of hydrogen-bond acceptors (Lipinski definition) is 5. The summed E-state index contributed by atoms with van der Waals surface area (Å²) < 4.78 is 28.3. The van der Waals surface area contributed by atoms with Gasteiger partial charge in [0.1, 0.15) is 34.2 Å². The van der Waals surface area contributed by atoms with Crippen LogP contribution in [0.2, 0.25) is 0 Å². The predicted octanol–water partition coefficient (Wildman–Crippen LogP) is 3.52. The standard InChI is InChI=1S/C20H23F2N5OS/c1-3-15-17(26-20(29-15)16-12(21)7-6-8-13(16)22)19(28)25-14(11-23)18(24-2)27-9-4-5-10-27/h6-8,11,14,23H,3-5,9-10H2,1-2H3,(H,25,28). The number of nitrogens with one attached hydrogen (secondary N) is 2. The van der Waals surface area contributed by atoms with Crippen molar-refractivity contribution in [2.75, 3.05) is 20.1 Å². The second-order valence-corrected chi connectivity index (χ2v) is 7.72. The summed E-state index contributed by atoms with van der Waals surface area (Å²) >= 11 is 1.09. The van der Waals surface area contributed by atoms with Crippen LogP contribution < -0.4 is 5.32 Å². The maximum atomic E-state index is 14.1. The first-order chi connectivity index (χ1) is 14.0. The Hall–Kier alpha value is -2.68. The molecule has 9 heteroatoms. The van der Waals surface area contributed by atoms with Crippen molar-refractivity contribution in [2.45, 2.75) is 32.2 Å². The second kappa shape index (κ2) is 9.21. The van der Waals surface area contributed by atoms with Crippen LogP contribution in [0.15, 0.2) is 23.2 Å². The topological polar surface area (TPSA) is 81.4 Å². The van der Waals surface area contributed by atoms with E-state index >= 15 is 0 Å². The van der Waals surface area contributed by atoms with Crippen molar-refractivity contribution in [1.29, 1.82) is 5.41 Å². The Morgan fingerprint density at radius 2 is 2.03 bits per heavy atom. The van der Waals surface area contributed by atoms with Crippen LogP contribution in [0.4, 0.5) is 8.78 Å². The molecule has 1 unspecified atom stereocenters. The van der Waals surface area contributed by atoms with Crippen molar-refractivity contribution in [3.05, 3.63) is 40.4 Å². The summed E-state index contributed by atoms with van der Waals surface area (Å²) in [6.07, 6.45) is 3.71. The number of amides is 1. The number of amidine groups is 1. The molecule has 0 aliphatic carbocycles. The van der Waals surface area contributed by atoms with Crippen molar-refractivity contribution in [1.82, 2.24) is 15.2 Å². The van der Waals surface area contributed by atoms with Gasteiger partial charge in [0.05, 0.1) is 5.56 Å². The fourth-order valence-corrected chi connectivity index (χ4v) is 4.44. The number of thiazole rings is 1. The molecule has 154 valence electrons. The van der Waals surface area contributed by atoms with Gasteiger partial charge in [-0.2, -0.15) is 0 Å². The first-order valence-corrected chi connectivity index (χ1v) is 10.3. The molecule has 1 aromatic heterocycles. The number of aliphatic imine (C=N–C) groups is 1. The van der Waals surface area contributed by atoms with E-state index in [4.69, 9.17) is 5.41 Å². The quantitative estimate of drug-likeness (QED) is 0.555. The Morgan fingerprint density at radius 3 is 2.59 bits per heavy atom. The van der Waals surface area contributed by atoms with Gasteiger partial charge in [0.2, 0.25) is 0 Å². The van der Waals surface area contributed by atoms with Crippen LogP contribution in [-0.2, 0) is 6.42 Å². The zero-order chi connectivity index (χ0) is 21.0. The van der Waals surface area contributed by atoms with E-state index in [1.165, 1.54) is 6.07 Å². The van der Waals surface area contributed by atoms with E-state index in [9.17, 15) is 13.6 Å². The molecule has 0 saturated carbocycles. The summed E-state index contributed by atoms with van der Waals surface area (Å²) in [5, 5.41) is 10.6. The van der Waals surface area contributed by atoms with E-state index in [1.807, 2.05) is 6.92 Å². The van der Waals surface area contributed by atoms with Gasteiger partial charge < -0.3 is 15.6 Å². The first-order valence-electron chi connectivity index (χ1n) is 9.47. The highest BCUT2D eigenvalue weighted by molar-refractivity contribution is 7.15. The molecule has 29 heavy (non-hydrogen) atoms. The lowest BCUT2D eigenvalue weighted by atomic mass is 10.2. The fraction of sp³-hybridized carbons (Fsp3) is 0.400. The number of aryl methyl sites for hydroxylation is 1. The summed E-state index contributed by atoms with van der Waals surface area (Å²) in [5.41, 5.74) is -0.110. The molecular weight excluding hydrogens is 396 g/mol. The number of nitrogens with zero attached hydrogens (tertiary/aromatic N) is 3. The maximum Gasteiger partial charge on any atom is 0.271 e. The first kappa shape index (κ1) is 21.0. The van der Waals surface area contributed by atoms with Crippen LogP contribution in [0.1, 0.15) is 35.1 Å². The van der Waals surface area contributed by atoms with Crippen LogP contribution in [0.3, 0.4) is 0 Å². The molecule has 1 fully saturated rings. The normalized spacial score (nSPS) is 15.4. The Bertz CT molecular complexity index is 917. The van der Waals surface area contributed by atoms with E-state index in [0.717, 1.165) is 55.6 Å². The van der Waals surface area contributed by atoms with Gasteiger partial charge in [-0.15, -0.1) is 11.3 Å². The van der Waals surface area contributed by atoms with E-state index in [2.05, 4.69) is 20.2 Å². The molecule has 1 saturated heterocycles. The molecule has 2 N–H and O–H groups in total. The SMILES string of the molecule is CCc1sc(-c2c(F)cccc2F)nc1C(=O)NC(C=N)C(=NC)N1CCCC1. The smallest absolute Gasteiger partial charge is 0.271 e. The molecule has 2 heterocycles. The van der Waals surface area contributed by atoms with Gasteiger partial charge in [-0.05, 0) is 31.4 Å². The minimum absolute atomic E-state index is 0.123. The van der Waals surface area contributed by atoms with Gasteiger partial charge in [-0.25, -0.2) is 13.8 Å². The lowest BCUT2D eigenvalue weighted by Gasteiger charge is -2.25.